The average Bonchev–Trinajstić information content (AvgIpc) is 3.75. The number of hydrogen-bond donors (Lipinski definition) is 0. The minimum absolute atomic E-state index is 0.428. The zero-order chi connectivity index (χ0) is 29.5. The van der Waals surface area contributed by atoms with Crippen LogP contribution in [0.15, 0.2) is 144 Å². The first-order valence-corrected chi connectivity index (χ1v) is 17.5. The number of aromatic nitrogens is 2. The Balaban J connectivity index is 1.13. The van der Waals surface area contributed by atoms with Crippen LogP contribution >= 0.6 is 20.7 Å². The van der Waals surface area contributed by atoms with E-state index in [1.54, 1.807) is 0 Å². The van der Waals surface area contributed by atoms with Crippen LogP contribution in [0.4, 0.5) is 0 Å². The lowest BCUT2D eigenvalue weighted by Gasteiger charge is -2.12. The molecule has 6 aromatic carbocycles. The number of halogens is 1. The monoisotopic (exact) mass is 688 g/mol. The highest BCUT2D eigenvalue weighted by Crippen LogP contribution is 2.40. The number of rotatable bonds is 3. The maximum absolute atomic E-state index is 6.46. The minimum atomic E-state index is -0.428. The van der Waals surface area contributed by atoms with Crippen LogP contribution in [-0.2, 0) is 0 Å². The van der Waals surface area contributed by atoms with Crippen LogP contribution in [0.25, 0.3) is 83.2 Å². The molecule has 0 atom stereocenters. The maximum atomic E-state index is 6.46. The normalized spacial score (nSPS) is 13.1. The van der Waals surface area contributed by atoms with Crippen molar-refractivity contribution in [1.82, 2.24) is 9.13 Å². The van der Waals surface area contributed by atoms with Crippen LogP contribution in [0, 0.1) is 3.77 Å². The molecule has 0 saturated carbocycles. The Hall–Kier alpha value is -5.20. The molecule has 3 nitrogen and oxygen atoms in total. The van der Waals surface area contributed by atoms with Gasteiger partial charge < -0.3 is 13.6 Å². The molecule has 4 heterocycles. The molecule has 0 N–H and O–H groups in total. The van der Waals surface area contributed by atoms with E-state index < -0.39 is 20.7 Å². The molecule has 3 aromatic heterocycles. The molecule has 0 spiro atoms. The number of para-hydroxylation sites is 4. The van der Waals surface area contributed by atoms with Gasteiger partial charge in [-0.1, -0.05) is 91.0 Å². The van der Waals surface area contributed by atoms with Gasteiger partial charge >= 0.3 is 0 Å². The predicted molar refractivity (Wildman–Crippen MR) is 198 cm³/mol. The van der Waals surface area contributed by atoms with Gasteiger partial charge in [-0.2, -0.15) is 0 Å². The Bertz CT molecular complexity index is 2610. The molecule has 212 valence electrons. The molecule has 1 aliphatic heterocycles. The summed E-state index contributed by atoms with van der Waals surface area (Å²) in [6.07, 6.45) is 2.33. The van der Waals surface area contributed by atoms with E-state index in [9.17, 15) is 0 Å². The van der Waals surface area contributed by atoms with E-state index in [2.05, 4.69) is 159 Å². The van der Waals surface area contributed by atoms with Gasteiger partial charge in [0, 0.05) is 38.2 Å². The fourth-order valence-electron chi connectivity index (χ4n) is 7.11. The Morgan fingerprint density at radius 2 is 1.02 bits per heavy atom. The molecule has 1 aliphatic rings. The first kappa shape index (κ1) is 25.2. The van der Waals surface area contributed by atoms with E-state index in [1.165, 1.54) is 71.4 Å². The molecule has 10 rings (SSSR count). The van der Waals surface area contributed by atoms with E-state index in [4.69, 9.17) is 4.42 Å². The van der Waals surface area contributed by atoms with Crippen molar-refractivity contribution >= 4 is 91.1 Å². The van der Waals surface area contributed by atoms with Crippen molar-refractivity contribution in [2.24, 2.45) is 0 Å². The molecular formula is C41H25IN2O. The van der Waals surface area contributed by atoms with Gasteiger partial charge in [0.25, 0.3) is 0 Å². The second kappa shape index (κ2) is 9.65. The van der Waals surface area contributed by atoms with Crippen molar-refractivity contribution in [3.63, 3.8) is 0 Å². The number of hydrogen-bond acceptors (Lipinski definition) is 1. The summed E-state index contributed by atoms with van der Waals surface area (Å²) in [5.41, 5.74) is 11.9. The molecule has 45 heavy (non-hydrogen) atoms. The van der Waals surface area contributed by atoms with Crippen molar-refractivity contribution in [3.05, 3.63) is 149 Å². The second-order valence-corrected chi connectivity index (χ2v) is 13.8. The van der Waals surface area contributed by atoms with Gasteiger partial charge in [0.05, 0.1) is 27.8 Å². The molecule has 0 aliphatic carbocycles. The summed E-state index contributed by atoms with van der Waals surface area (Å²) in [5.74, 6) is 0. The smallest absolute Gasteiger partial charge is 0.166 e. The molecule has 0 amide bonds. The fraction of sp³-hybridized carbons (Fsp3) is 0. The number of furan rings is 1. The van der Waals surface area contributed by atoms with Crippen LogP contribution < -0.4 is 0 Å². The molecular weight excluding hydrogens is 663 g/mol. The number of allylic oxidation sites excluding steroid dienone is 1. The zero-order valence-corrected chi connectivity index (χ0v) is 26.3. The number of benzene rings is 6. The SMILES string of the molecule is C1=Ic2oc3ccc(-c4cccc(-n5c6ccccc6c6ccccc65)c4)cc3c2C=C1n1c2ccccc2c2ccccc21. The van der Waals surface area contributed by atoms with Gasteiger partial charge in [0.2, 0.25) is 0 Å². The summed E-state index contributed by atoms with van der Waals surface area (Å²) >= 11 is -0.428. The summed E-state index contributed by atoms with van der Waals surface area (Å²) in [5, 5.41) is 6.30. The van der Waals surface area contributed by atoms with Crippen molar-refractivity contribution < 1.29 is 4.42 Å². The number of nitrogens with zero attached hydrogens (tertiary/aromatic N) is 2. The Kier molecular flexibility index (Phi) is 5.39. The molecule has 0 bridgehead atoms. The van der Waals surface area contributed by atoms with E-state index in [0.29, 0.717) is 0 Å². The van der Waals surface area contributed by atoms with Gasteiger partial charge in [-0.25, -0.2) is 0 Å². The molecule has 4 heteroatoms. The summed E-state index contributed by atoms with van der Waals surface area (Å²) in [7, 11) is 0. The summed E-state index contributed by atoms with van der Waals surface area (Å²) in [6.45, 7) is 0. The molecule has 0 saturated heterocycles. The first-order valence-electron chi connectivity index (χ1n) is 15.1. The Morgan fingerprint density at radius 3 is 1.64 bits per heavy atom. The zero-order valence-electron chi connectivity index (χ0n) is 24.1. The predicted octanol–water partition coefficient (Wildman–Crippen LogP) is 11.3. The Morgan fingerprint density at radius 1 is 0.467 bits per heavy atom. The summed E-state index contributed by atoms with van der Waals surface area (Å²) in [6, 6.07) is 50.4. The lowest BCUT2D eigenvalue weighted by Crippen LogP contribution is -1.99. The van der Waals surface area contributed by atoms with Crippen molar-refractivity contribution in [3.8, 4) is 16.8 Å². The maximum Gasteiger partial charge on any atom is 0.166 e. The molecule has 9 aromatic rings. The van der Waals surface area contributed by atoms with Crippen LogP contribution in [0.1, 0.15) is 5.56 Å². The molecule has 0 fully saturated rings. The lowest BCUT2D eigenvalue weighted by atomic mass is 10.0. The van der Waals surface area contributed by atoms with Crippen LogP contribution in [0.5, 0.6) is 0 Å². The van der Waals surface area contributed by atoms with E-state index in [0.717, 1.165) is 15.0 Å². The fourth-order valence-corrected chi connectivity index (χ4v) is 9.31. The highest BCUT2D eigenvalue weighted by Gasteiger charge is 2.20. The van der Waals surface area contributed by atoms with Crippen LogP contribution in [0.2, 0.25) is 0 Å². The van der Waals surface area contributed by atoms with E-state index in [1.807, 2.05) is 0 Å². The standard InChI is InChI=1S/C41H25IN2O/c1-5-16-36-30(12-1)31-13-2-6-17-37(31)43(36)28-11-9-10-26(22-28)27-20-21-40-34(23-27)35-24-29(25-42-41(35)45-40)44-38-18-7-3-14-32(38)33-15-4-8-19-39(33)44/h1-25H. The number of fused-ring (bicyclic) bond motifs is 9. The van der Waals surface area contributed by atoms with Gasteiger partial charge in [-0.15, -0.1) is 0 Å². The van der Waals surface area contributed by atoms with Gasteiger partial charge in [-0.3, -0.25) is 0 Å². The third kappa shape index (κ3) is 3.72. The second-order valence-electron chi connectivity index (χ2n) is 11.6. The highest BCUT2D eigenvalue weighted by atomic mass is 127. The largest absolute Gasteiger partial charge is 0.450 e. The summed E-state index contributed by atoms with van der Waals surface area (Å²) < 4.78 is 14.8. The lowest BCUT2D eigenvalue weighted by molar-refractivity contribution is 0.583. The van der Waals surface area contributed by atoms with E-state index >= 15 is 0 Å². The van der Waals surface area contributed by atoms with Gasteiger partial charge in [-0.05, 0) is 90.5 Å². The first-order chi connectivity index (χ1) is 22.3. The third-order valence-corrected chi connectivity index (χ3v) is 11.4. The average molecular weight is 689 g/mol. The highest BCUT2D eigenvalue weighted by molar-refractivity contribution is 14.2. The van der Waals surface area contributed by atoms with Crippen molar-refractivity contribution in [2.45, 2.75) is 0 Å². The van der Waals surface area contributed by atoms with Crippen LogP contribution in [-0.4, -0.2) is 13.1 Å². The van der Waals surface area contributed by atoms with Crippen LogP contribution in [0.3, 0.4) is 0 Å². The topological polar surface area (TPSA) is 23.0 Å². The summed E-state index contributed by atoms with van der Waals surface area (Å²) in [4.78, 5) is 0. The van der Waals surface area contributed by atoms with E-state index in [-0.39, 0.29) is 0 Å². The Labute approximate surface area is 269 Å². The third-order valence-electron chi connectivity index (χ3n) is 9.09. The van der Waals surface area contributed by atoms with Gasteiger partial charge in [0.15, 0.2) is 3.77 Å². The minimum Gasteiger partial charge on any atom is -0.450 e. The van der Waals surface area contributed by atoms with Crippen molar-refractivity contribution in [1.29, 1.82) is 0 Å². The molecule has 0 unspecified atom stereocenters. The van der Waals surface area contributed by atoms with Crippen molar-refractivity contribution in [2.75, 3.05) is 0 Å². The van der Waals surface area contributed by atoms with Gasteiger partial charge in [0.1, 0.15) is 5.58 Å². The molecule has 0 radical (unpaired) electrons. The quantitative estimate of drug-likeness (QED) is 0.170.